The van der Waals surface area contributed by atoms with E-state index in [0.29, 0.717) is 13.0 Å². The zero-order chi connectivity index (χ0) is 21.4. The highest BCUT2D eigenvalue weighted by molar-refractivity contribution is 7.89. The molecule has 1 amide bonds. The van der Waals surface area contributed by atoms with Gasteiger partial charge in [-0.1, -0.05) is 13.3 Å². The molecule has 3 unspecified atom stereocenters. The third kappa shape index (κ3) is 4.59. The van der Waals surface area contributed by atoms with Gasteiger partial charge in [0.1, 0.15) is 0 Å². The highest BCUT2D eigenvalue weighted by Crippen LogP contribution is 2.40. The number of fused-ring (bicyclic) bond motifs is 1. The van der Waals surface area contributed by atoms with E-state index >= 15 is 0 Å². The lowest BCUT2D eigenvalue weighted by Crippen LogP contribution is -2.47. The number of carbonyl (C=O) groups excluding carboxylic acids is 1. The van der Waals surface area contributed by atoms with E-state index in [1.165, 1.54) is 4.31 Å². The van der Waals surface area contributed by atoms with E-state index in [2.05, 4.69) is 5.32 Å². The standard InChI is InChI=1S/C19H26F3N3O3S/c1-2-3-16(23)18(26)24-17-9-4-12-10-25(11-15(12)17)29(27,28)14-7-5-13(6-8-14)19(20,21)22/h5-8,12,15-17H,2-4,9-11,23H2,1H3,(H,24,26)/t12?,15?,16-,17?/m0/s1. The van der Waals surface area contributed by atoms with E-state index in [1.54, 1.807) is 0 Å². The van der Waals surface area contributed by atoms with Crippen molar-refractivity contribution >= 4 is 15.9 Å². The summed E-state index contributed by atoms with van der Waals surface area (Å²) >= 11 is 0. The molecule has 2 fully saturated rings. The van der Waals surface area contributed by atoms with Crippen molar-refractivity contribution in [2.24, 2.45) is 17.6 Å². The Kier molecular flexibility index (Phi) is 6.26. The number of benzene rings is 1. The fourth-order valence-electron chi connectivity index (χ4n) is 4.30. The topological polar surface area (TPSA) is 92.5 Å². The van der Waals surface area contributed by atoms with Gasteiger partial charge in [-0.3, -0.25) is 4.79 Å². The van der Waals surface area contributed by atoms with Crippen LogP contribution in [0.3, 0.4) is 0 Å². The van der Waals surface area contributed by atoms with Gasteiger partial charge in [0.05, 0.1) is 16.5 Å². The zero-order valence-electron chi connectivity index (χ0n) is 16.2. The molecule has 4 atom stereocenters. The second-order valence-corrected chi connectivity index (χ2v) is 9.79. The Labute approximate surface area is 168 Å². The number of amides is 1. The molecule has 1 saturated carbocycles. The molecule has 29 heavy (non-hydrogen) atoms. The quantitative estimate of drug-likeness (QED) is 0.720. The van der Waals surface area contributed by atoms with Crippen LogP contribution in [0.1, 0.15) is 38.2 Å². The van der Waals surface area contributed by atoms with E-state index in [4.69, 9.17) is 5.73 Å². The summed E-state index contributed by atoms with van der Waals surface area (Å²) in [6.45, 7) is 2.49. The van der Waals surface area contributed by atoms with E-state index in [1.807, 2.05) is 6.92 Å². The number of alkyl halides is 3. The van der Waals surface area contributed by atoms with Crippen LogP contribution in [0.5, 0.6) is 0 Å². The molecule has 2 aliphatic rings. The van der Waals surface area contributed by atoms with Crippen molar-refractivity contribution in [3.05, 3.63) is 29.8 Å². The number of hydrogen-bond acceptors (Lipinski definition) is 4. The van der Waals surface area contributed by atoms with E-state index < -0.39 is 27.8 Å². The van der Waals surface area contributed by atoms with Crippen molar-refractivity contribution in [2.45, 2.75) is 55.8 Å². The normalized spacial score (nSPS) is 26.3. The summed E-state index contributed by atoms with van der Waals surface area (Å²) in [5.74, 6) is -0.120. The van der Waals surface area contributed by atoms with Crippen LogP contribution in [0.4, 0.5) is 13.2 Å². The lowest BCUT2D eigenvalue weighted by Gasteiger charge is -2.23. The summed E-state index contributed by atoms with van der Waals surface area (Å²) in [6, 6.07) is 2.84. The average Bonchev–Trinajstić information content (AvgIpc) is 3.24. The molecule has 162 valence electrons. The Morgan fingerprint density at radius 2 is 1.90 bits per heavy atom. The van der Waals surface area contributed by atoms with Crippen molar-refractivity contribution < 1.29 is 26.4 Å². The van der Waals surface area contributed by atoms with Gasteiger partial charge in [0.25, 0.3) is 0 Å². The van der Waals surface area contributed by atoms with Crippen LogP contribution in [0.15, 0.2) is 29.2 Å². The predicted octanol–water partition coefficient (Wildman–Crippen LogP) is 2.35. The first kappa shape index (κ1) is 22.0. The van der Waals surface area contributed by atoms with Crippen molar-refractivity contribution in [1.29, 1.82) is 0 Å². The molecule has 1 heterocycles. The van der Waals surface area contributed by atoms with Gasteiger partial charge >= 0.3 is 6.18 Å². The number of nitrogens with one attached hydrogen (secondary N) is 1. The maximum Gasteiger partial charge on any atom is 0.416 e. The monoisotopic (exact) mass is 433 g/mol. The number of carbonyl (C=O) groups is 1. The predicted molar refractivity (Wildman–Crippen MR) is 101 cm³/mol. The minimum Gasteiger partial charge on any atom is -0.352 e. The molecule has 6 nitrogen and oxygen atoms in total. The number of rotatable bonds is 6. The highest BCUT2D eigenvalue weighted by Gasteiger charge is 2.47. The van der Waals surface area contributed by atoms with E-state index in [0.717, 1.165) is 43.5 Å². The first-order valence-corrected chi connectivity index (χ1v) is 11.2. The Morgan fingerprint density at radius 3 is 2.48 bits per heavy atom. The van der Waals surface area contributed by atoms with Crippen LogP contribution in [0.25, 0.3) is 0 Å². The first-order valence-electron chi connectivity index (χ1n) is 9.77. The van der Waals surface area contributed by atoms with Crippen LogP contribution >= 0.6 is 0 Å². The summed E-state index contributed by atoms with van der Waals surface area (Å²) in [6.07, 6.45) is -1.58. The summed E-state index contributed by atoms with van der Waals surface area (Å²) in [5.41, 5.74) is 4.97. The Hall–Kier alpha value is -1.65. The average molecular weight is 433 g/mol. The van der Waals surface area contributed by atoms with Gasteiger partial charge in [0, 0.05) is 19.1 Å². The molecule has 0 spiro atoms. The lowest BCUT2D eigenvalue weighted by atomic mass is 9.97. The minimum atomic E-state index is -4.52. The molecule has 0 aromatic heterocycles. The Bertz CT molecular complexity index is 842. The van der Waals surface area contributed by atoms with Crippen molar-refractivity contribution in [3.8, 4) is 0 Å². The highest BCUT2D eigenvalue weighted by atomic mass is 32.2. The first-order chi connectivity index (χ1) is 13.5. The van der Waals surface area contributed by atoms with Crippen LogP contribution in [-0.4, -0.2) is 43.8 Å². The summed E-state index contributed by atoms with van der Waals surface area (Å²) in [7, 11) is -3.89. The molecule has 0 radical (unpaired) electrons. The van der Waals surface area contributed by atoms with Crippen LogP contribution in [0.2, 0.25) is 0 Å². The van der Waals surface area contributed by atoms with Crippen molar-refractivity contribution in [2.75, 3.05) is 13.1 Å². The fourth-order valence-corrected chi connectivity index (χ4v) is 5.83. The van der Waals surface area contributed by atoms with Gasteiger partial charge in [-0.25, -0.2) is 8.42 Å². The van der Waals surface area contributed by atoms with Gasteiger partial charge in [-0.15, -0.1) is 0 Å². The largest absolute Gasteiger partial charge is 0.416 e. The third-order valence-electron chi connectivity index (χ3n) is 5.91. The van der Waals surface area contributed by atoms with Gasteiger partial charge in [-0.05, 0) is 55.4 Å². The molecule has 1 aromatic carbocycles. The van der Waals surface area contributed by atoms with Gasteiger partial charge < -0.3 is 11.1 Å². The summed E-state index contributed by atoms with van der Waals surface area (Å²) < 4.78 is 65.3. The maximum atomic E-state index is 12.9. The summed E-state index contributed by atoms with van der Waals surface area (Å²) in [4.78, 5) is 12.1. The Balaban J connectivity index is 1.69. The van der Waals surface area contributed by atoms with E-state index in [9.17, 15) is 26.4 Å². The van der Waals surface area contributed by atoms with Gasteiger partial charge in [-0.2, -0.15) is 17.5 Å². The number of sulfonamides is 1. The minimum absolute atomic E-state index is 0.0167. The number of halogens is 3. The number of hydrogen-bond donors (Lipinski definition) is 2. The SMILES string of the molecule is CCC[C@H](N)C(=O)NC1CCC2CN(S(=O)(=O)c3ccc(C(F)(F)F)cc3)CC21. The van der Waals surface area contributed by atoms with Crippen molar-refractivity contribution in [1.82, 2.24) is 9.62 Å². The molecule has 3 N–H and O–H groups in total. The second kappa shape index (κ2) is 8.23. The van der Waals surface area contributed by atoms with Crippen LogP contribution in [0, 0.1) is 11.8 Å². The van der Waals surface area contributed by atoms with E-state index in [-0.39, 0.29) is 35.2 Å². The molecule has 0 bridgehead atoms. The van der Waals surface area contributed by atoms with Gasteiger partial charge in [0.15, 0.2) is 0 Å². The van der Waals surface area contributed by atoms with Crippen molar-refractivity contribution in [3.63, 3.8) is 0 Å². The van der Waals surface area contributed by atoms with Gasteiger partial charge in [0.2, 0.25) is 15.9 Å². The molecule has 10 heteroatoms. The molecule has 3 rings (SSSR count). The number of nitrogens with two attached hydrogens (primary N) is 1. The smallest absolute Gasteiger partial charge is 0.352 e. The Morgan fingerprint density at radius 1 is 1.24 bits per heavy atom. The molecule has 1 aliphatic carbocycles. The third-order valence-corrected chi connectivity index (χ3v) is 7.75. The summed E-state index contributed by atoms with van der Waals surface area (Å²) in [5, 5.41) is 2.96. The molecular formula is C19H26F3N3O3S. The zero-order valence-corrected chi connectivity index (χ0v) is 17.0. The molecule has 1 saturated heterocycles. The lowest BCUT2D eigenvalue weighted by molar-refractivity contribution is -0.137. The molecule has 1 aromatic rings. The molecular weight excluding hydrogens is 407 g/mol. The molecule has 1 aliphatic heterocycles. The second-order valence-electron chi connectivity index (χ2n) is 7.86. The number of nitrogens with zero attached hydrogens (tertiary/aromatic N) is 1. The maximum absolute atomic E-state index is 12.9. The fraction of sp³-hybridized carbons (Fsp3) is 0.632. The van der Waals surface area contributed by atoms with Crippen LogP contribution < -0.4 is 11.1 Å². The van der Waals surface area contributed by atoms with Crippen LogP contribution in [-0.2, 0) is 21.0 Å².